The molecule has 1 aromatic carbocycles. The second-order valence-corrected chi connectivity index (χ2v) is 6.61. The van der Waals surface area contributed by atoms with Crippen molar-refractivity contribution in [2.24, 2.45) is 0 Å². The maximum Gasteiger partial charge on any atom is 0.243 e. The first kappa shape index (κ1) is 14.1. The van der Waals surface area contributed by atoms with Crippen molar-refractivity contribution in [3.63, 3.8) is 0 Å². The quantitative estimate of drug-likeness (QED) is 0.856. The Bertz CT molecular complexity index is 557. The molecule has 0 radical (unpaired) electrons. The van der Waals surface area contributed by atoms with Gasteiger partial charge in [-0.3, -0.25) is 0 Å². The van der Waals surface area contributed by atoms with E-state index in [0.29, 0.717) is 18.0 Å². The lowest BCUT2D eigenvalue weighted by molar-refractivity contribution is 0.378. The van der Waals surface area contributed by atoms with Gasteiger partial charge in [0.25, 0.3) is 0 Å². The number of sulfonamides is 1. The van der Waals surface area contributed by atoms with Crippen LogP contribution in [0.25, 0.3) is 0 Å². The number of hydrogen-bond donors (Lipinski definition) is 1. The SMILES string of the molecule is CCC1CCCN1S(=O)(=O)c1ccc(N)c(OC)c1. The van der Waals surface area contributed by atoms with Crippen molar-refractivity contribution in [1.82, 2.24) is 4.31 Å². The van der Waals surface area contributed by atoms with Gasteiger partial charge in [0.1, 0.15) is 5.75 Å². The second kappa shape index (κ2) is 5.38. The van der Waals surface area contributed by atoms with Gasteiger partial charge >= 0.3 is 0 Å². The van der Waals surface area contributed by atoms with E-state index < -0.39 is 10.0 Å². The first-order valence-corrected chi connectivity index (χ1v) is 7.90. The molecule has 2 N–H and O–H groups in total. The van der Waals surface area contributed by atoms with Gasteiger partial charge in [-0.1, -0.05) is 6.92 Å². The molecule has 1 aromatic rings. The van der Waals surface area contributed by atoms with Crippen LogP contribution in [0.3, 0.4) is 0 Å². The van der Waals surface area contributed by atoms with Crippen LogP contribution in [0.2, 0.25) is 0 Å². The minimum Gasteiger partial charge on any atom is -0.495 e. The average molecular weight is 284 g/mol. The minimum atomic E-state index is -3.45. The summed E-state index contributed by atoms with van der Waals surface area (Å²) < 4.78 is 31.9. The molecule has 106 valence electrons. The molecule has 0 bridgehead atoms. The van der Waals surface area contributed by atoms with Gasteiger partial charge in [-0.2, -0.15) is 4.31 Å². The van der Waals surface area contributed by atoms with Crippen molar-refractivity contribution in [1.29, 1.82) is 0 Å². The van der Waals surface area contributed by atoms with E-state index in [4.69, 9.17) is 10.5 Å². The highest BCUT2D eigenvalue weighted by atomic mass is 32.2. The molecule has 1 saturated heterocycles. The Morgan fingerprint density at radius 3 is 2.84 bits per heavy atom. The molecule has 19 heavy (non-hydrogen) atoms. The molecule has 6 heteroatoms. The predicted octanol–water partition coefficient (Wildman–Crippen LogP) is 1.84. The Hall–Kier alpha value is -1.27. The summed E-state index contributed by atoms with van der Waals surface area (Å²) in [6.45, 7) is 2.61. The lowest BCUT2D eigenvalue weighted by Gasteiger charge is -2.23. The van der Waals surface area contributed by atoms with E-state index in [1.165, 1.54) is 19.2 Å². The zero-order valence-corrected chi connectivity index (χ0v) is 12.1. The standard InChI is InChI=1S/C13H20N2O3S/c1-3-10-5-4-8-15(10)19(16,17)11-6-7-12(14)13(9-11)18-2/h6-7,9-10H,3-5,8,14H2,1-2H3. The second-order valence-electron chi connectivity index (χ2n) is 4.72. The molecule has 1 aliphatic heterocycles. The highest BCUT2D eigenvalue weighted by Crippen LogP contribution is 2.31. The Morgan fingerprint density at radius 2 is 2.21 bits per heavy atom. The summed E-state index contributed by atoms with van der Waals surface area (Å²) in [7, 11) is -1.97. The van der Waals surface area contributed by atoms with Crippen LogP contribution in [0, 0.1) is 0 Å². The third-order valence-corrected chi connectivity index (χ3v) is 5.55. The summed E-state index contributed by atoms with van der Waals surface area (Å²) in [6, 6.07) is 4.71. The molecule has 0 spiro atoms. The molecule has 5 nitrogen and oxygen atoms in total. The number of hydrogen-bond acceptors (Lipinski definition) is 4. The van der Waals surface area contributed by atoms with Crippen molar-refractivity contribution in [2.75, 3.05) is 19.4 Å². The molecule has 0 saturated carbocycles. The lowest BCUT2D eigenvalue weighted by Crippen LogP contribution is -2.35. The summed E-state index contributed by atoms with van der Waals surface area (Å²) >= 11 is 0. The number of nitrogens with zero attached hydrogens (tertiary/aromatic N) is 1. The molecule has 1 unspecified atom stereocenters. The molecule has 0 amide bonds. The first-order valence-electron chi connectivity index (χ1n) is 6.46. The fraction of sp³-hybridized carbons (Fsp3) is 0.538. The van der Waals surface area contributed by atoms with E-state index in [1.54, 1.807) is 10.4 Å². The third kappa shape index (κ3) is 2.55. The van der Waals surface area contributed by atoms with E-state index in [2.05, 4.69) is 0 Å². The summed E-state index contributed by atoms with van der Waals surface area (Å²) in [6.07, 6.45) is 2.69. The maximum absolute atomic E-state index is 12.6. The topological polar surface area (TPSA) is 72.6 Å². The van der Waals surface area contributed by atoms with E-state index in [0.717, 1.165) is 19.3 Å². The Labute approximate surface area is 114 Å². The Balaban J connectivity index is 2.39. The number of ether oxygens (including phenoxy) is 1. The number of benzene rings is 1. The zero-order chi connectivity index (χ0) is 14.0. The van der Waals surface area contributed by atoms with Crippen LogP contribution in [0.15, 0.2) is 23.1 Å². The Morgan fingerprint density at radius 1 is 1.47 bits per heavy atom. The molecule has 1 atom stereocenters. The van der Waals surface area contributed by atoms with Crippen molar-refractivity contribution >= 4 is 15.7 Å². The molecule has 2 rings (SSSR count). The van der Waals surface area contributed by atoms with Crippen molar-refractivity contribution < 1.29 is 13.2 Å². The lowest BCUT2D eigenvalue weighted by atomic mass is 10.2. The zero-order valence-electron chi connectivity index (χ0n) is 11.3. The maximum atomic E-state index is 12.6. The van der Waals surface area contributed by atoms with Crippen LogP contribution >= 0.6 is 0 Å². The van der Waals surface area contributed by atoms with Gasteiger partial charge < -0.3 is 10.5 Å². The monoisotopic (exact) mass is 284 g/mol. The van der Waals surface area contributed by atoms with Crippen LogP contribution < -0.4 is 10.5 Å². The predicted molar refractivity (Wildman–Crippen MR) is 74.6 cm³/mol. The highest BCUT2D eigenvalue weighted by Gasteiger charge is 2.34. The third-order valence-electron chi connectivity index (χ3n) is 3.61. The van der Waals surface area contributed by atoms with Gasteiger partial charge in [-0.25, -0.2) is 8.42 Å². The molecule has 1 fully saturated rings. The highest BCUT2D eigenvalue weighted by molar-refractivity contribution is 7.89. The van der Waals surface area contributed by atoms with Crippen LogP contribution in [0.5, 0.6) is 5.75 Å². The molecular formula is C13H20N2O3S. The fourth-order valence-electron chi connectivity index (χ4n) is 2.52. The normalized spacial score (nSPS) is 20.6. The van der Waals surface area contributed by atoms with Gasteiger partial charge in [0.2, 0.25) is 10.0 Å². The molecule has 0 aliphatic carbocycles. The molecule has 0 aromatic heterocycles. The summed E-state index contributed by atoms with van der Waals surface area (Å²) in [4.78, 5) is 0.249. The van der Waals surface area contributed by atoms with Gasteiger partial charge in [-0.05, 0) is 31.4 Å². The first-order chi connectivity index (χ1) is 9.00. The summed E-state index contributed by atoms with van der Waals surface area (Å²) in [5.41, 5.74) is 6.16. The fourth-order valence-corrected chi connectivity index (χ4v) is 4.30. The number of nitrogen functional groups attached to an aromatic ring is 1. The smallest absolute Gasteiger partial charge is 0.243 e. The van der Waals surface area contributed by atoms with E-state index >= 15 is 0 Å². The van der Waals surface area contributed by atoms with Crippen molar-refractivity contribution in [3.05, 3.63) is 18.2 Å². The summed E-state index contributed by atoms with van der Waals surface area (Å²) in [5, 5.41) is 0. The van der Waals surface area contributed by atoms with E-state index in [-0.39, 0.29) is 10.9 Å². The van der Waals surface area contributed by atoms with Crippen LogP contribution in [0.4, 0.5) is 5.69 Å². The Kier molecular flexibility index (Phi) is 4.01. The number of anilines is 1. The van der Waals surface area contributed by atoms with E-state index in [9.17, 15) is 8.42 Å². The van der Waals surface area contributed by atoms with Gasteiger partial charge in [0.05, 0.1) is 17.7 Å². The van der Waals surface area contributed by atoms with E-state index in [1.807, 2.05) is 6.92 Å². The van der Waals surface area contributed by atoms with Crippen LogP contribution in [-0.4, -0.2) is 32.4 Å². The van der Waals surface area contributed by atoms with Crippen LogP contribution in [-0.2, 0) is 10.0 Å². The molecular weight excluding hydrogens is 264 g/mol. The number of methoxy groups -OCH3 is 1. The summed E-state index contributed by atoms with van der Waals surface area (Å²) in [5.74, 6) is 0.397. The minimum absolute atomic E-state index is 0.105. The average Bonchev–Trinajstić information content (AvgIpc) is 2.88. The largest absolute Gasteiger partial charge is 0.495 e. The molecule has 1 aliphatic rings. The molecule has 1 heterocycles. The van der Waals surface area contributed by atoms with Crippen molar-refractivity contribution in [3.8, 4) is 5.75 Å². The van der Waals surface area contributed by atoms with Gasteiger partial charge in [0, 0.05) is 18.7 Å². The van der Waals surface area contributed by atoms with Gasteiger partial charge in [0.15, 0.2) is 0 Å². The number of rotatable bonds is 4. The van der Waals surface area contributed by atoms with Crippen molar-refractivity contribution in [2.45, 2.75) is 37.1 Å². The van der Waals surface area contributed by atoms with Crippen LogP contribution in [0.1, 0.15) is 26.2 Å². The number of nitrogens with two attached hydrogens (primary N) is 1. The van der Waals surface area contributed by atoms with Gasteiger partial charge in [-0.15, -0.1) is 0 Å².